The number of benzene rings is 2. The van der Waals surface area contributed by atoms with Crippen molar-refractivity contribution >= 4 is 22.9 Å². The Bertz CT molecular complexity index is 1340. The van der Waals surface area contributed by atoms with E-state index in [0.29, 0.717) is 28.9 Å². The number of nitrogens with one attached hydrogen (secondary N) is 3. The minimum atomic E-state index is -0.0193. The number of fused-ring (bicyclic) bond motifs is 1. The fourth-order valence-electron chi connectivity index (χ4n) is 3.82. The normalized spacial score (nSPS) is 13.1. The molecule has 1 fully saturated rings. The lowest BCUT2D eigenvalue weighted by Crippen LogP contribution is -2.26. The Morgan fingerprint density at radius 3 is 2.58 bits per heavy atom. The molecule has 1 amide bonds. The summed E-state index contributed by atoms with van der Waals surface area (Å²) in [6.45, 7) is 1.95. The molecule has 2 aromatic heterocycles. The van der Waals surface area contributed by atoms with Gasteiger partial charge in [0.15, 0.2) is 11.4 Å². The van der Waals surface area contributed by atoms with E-state index in [1.165, 1.54) is 0 Å². The second-order valence-electron chi connectivity index (χ2n) is 8.15. The van der Waals surface area contributed by atoms with E-state index in [1.807, 2.05) is 69.6 Å². The molecule has 1 aliphatic rings. The molecule has 8 heteroatoms. The summed E-state index contributed by atoms with van der Waals surface area (Å²) in [6, 6.07) is 15.6. The summed E-state index contributed by atoms with van der Waals surface area (Å²) < 4.78 is 7.88. The predicted molar refractivity (Wildman–Crippen MR) is 129 cm³/mol. The number of anilines is 2. The maximum Gasteiger partial charge on any atom is 0.251 e. The van der Waals surface area contributed by atoms with Gasteiger partial charge in [-0.1, -0.05) is 18.2 Å². The quantitative estimate of drug-likeness (QED) is 0.391. The highest BCUT2D eigenvalue weighted by Crippen LogP contribution is 2.32. The first-order chi connectivity index (χ1) is 16.1. The van der Waals surface area contributed by atoms with Gasteiger partial charge >= 0.3 is 0 Å². The number of para-hydroxylation sites is 2. The van der Waals surface area contributed by atoms with Gasteiger partial charge < -0.3 is 20.7 Å². The average molecular weight is 443 g/mol. The lowest BCUT2D eigenvalue weighted by molar-refractivity contribution is 0.0950. The molecule has 2 heterocycles. The lowest BCUT2D eigenvalue weighted by Gasteiger charge is -2.13. The van der Waals surface area contributed by atoms with Crippen molar-refractivity contribution in [2.24, 2.45) is 0 Å². The van der Waals surface area contributed by atoms with Gasteiger partial charge in [0.2, 0.25) is 5.88 Å². The van der Waals surface area contributed by atoms with E-state index in [-0.39, 0.29) is 5.91 Å². The first-order valence-corrected chi connectivity index (χ1v) is 11.0. The van der Waals surface area contributed by atoms with Crippen LogP contribution in [0.1, 0.15) is 28.8 Å². The second-order valence-corrected chi connectivity index (χ2v) is 8.15. The number of aryl methyl sites for hydroxylation is 1. The predicted octanol–water partition coefficient (Wildman–Crippen LogP) is 4.47. The van der Waals surface area contributed by atoms with Gasteiger partial charge in [-0.05, 0) is 49.6 Å². The number of imidazole rings is 1. The zero-order chi connectivity index (χ0) is 22.9. The number of amides is 1. The van der Waals surface area contributed by atoms with Gasteiger partial charge in [-0.3, -0.25) is 4.79 Å². The molecule has 4 aromatic rings. The number of hydrogen-bond acceptors (Lipinski definition) is 6. The van der Waals surface area contributed by atoms with E-state index < -0.39 is 0 Å². The monoisotopic (exact) mass is 442 g/mol. The first kappa shape index (κ1) is 20.8. The third-order valence-electron chi connectivity index (χ3n) is 5.76. The van der Waals surface area contributed by atoms with Gasteiger partial charge in [-0.15, -0.1) is 5.10 Å². The zero-order valence-electron chi connectivity index (χ0n) is 18.8. The molecule has 0 radical (unpaired) electrons. The highest BCUT2D eigenvalue weighted by Gasteiger charge is 2.24. The maximum absolute atomic E-state index is 12.5. The van der Waals surface area contributed by atoms with Crippen LogP contribution in [0.2, 0.25) is 0 Å². The van der Waals surface area contributed by atoms with Crippen LogP contribution < -0.4 is 20.7 Å². The van der Waals surface area contributed by atoms with Crippen LogP contribution in [-0.2, 0) is 0 Å². The van der Waals surface area contributed by atoms with Gasteiger partial charge in [0, 0.05) is 37.3 Å². The third-order valence-corrected chi connectivity index (χ3v) is 5.76. The summed E-state index contributed by atoms with van der Waals surface area (Å²) in [5.74, 6) is 1.09. The van der Waals surface area contributed by atoms with Crippen molar-refractivity contribution in [2.75, 3.05) is 24.7 Å². The molecule has 0 aliphatic heterocycles. The highest BCUT2D eigenvalue weighted by atomic mass is 16.5. The molecule has 0 bridgehead atoms. The van der Waals surface area contributed by atoms with Crippen LogP contribution >= 0.6 is 0 Å². The third kappa shape index (κ3) is 4.07. The van der Waals surface area contributed by atoms with Crippen LogP contribution in [0.4, 0.5) is 11.4 Å². The summed E-state index contributed by atoms with van der Waals surface area (Å²) in [5.41, 5.74) is 5.68. The molecule has 3 N–H and O–H groups in total. The number of rotatable bonds is 7. The van der Waals surface area contributed by atoms with E-state index in [9.17, 15) is 4.79 Å². The Morgan fingerprint density at radius 2 is 1.85 bits per heavy atom. The van der Waals surface area contributed by atoms with Crippen LogP contribution in [0, 0.1) is 6.92 Å². The Morgan fingerprint density at radius 1 is 1.06 bits per heavy atom. The van der Waals surface area contributed by atoms with Crippen molar-refractivity contribution in [1.82, 2.24) is 19.9 Å². The molecule has 5 rings (SSSR count). The molecular formula is C25H26N6O2. The molecule has 0 unspecified atom stereocenters. The van der Waals surface area contributed by atoms with Crippen LogP contribution in [-0.4, -0.2) is 40.6 Å². The van der Waals surface area contributed by atoms with E-state index in [0.717, 1.165) is 41.0 Å². The Kier molecular flexibility index (Phi) is 5.34. The zero-order valence-corrected chi connectivity index (χ0v) is 18.8. The summed E-state index contributed by atoms with van der Waals surface area (Å²) in [4.78, 5) is 17.1. The van der Waals surface area contributed by atoms with Gasteiger partial charge in [-0.2, -0.15) is 0 Å². The van der Waals surface area contributed by atoms with Crippen molar-refractivity contribution in [3.63, 3.8) is 0 Å². The van der Waals surface area contributed by atoms with Crippen molar-refractivity contribution < 1.29 is 9.53 Å². The van der Waals surface area contributed by atoms with E-state index in [2.05, 4.69) is 20.9 Å². The molecular weight excluding hydrogens is 416 g/mol. The molecule has 2 aromatic carbocycles. The number of carbonyl (C=O) groups excluding carboxylic acids is 1. The van der Waals surface area contributed by atoms with Crippen LogP contribution in [0.25, 0.3) is 16.9 Å². The number of carbonyl (C=O) groups is 1. The molecule has 8 nitrogen and oxygen atoms in total. The number of aromatic nitrogens is 3. The maximum atomic E-state index is 12.5. The van der Waals surface area contributed by atoms with Crippen molar-refractivity contribution in [2.45, 2.75) is 25.8 Å². The number of nitrogens with zero attached hydrogens (tertiary/aromatic N) is 3. The molecule has 168 valence electrons. The summed E-state index contributed by atoms with van der Waals surface area (Å²) in [5, 5.41) is 14.1. The standard InChI is InChI=1S/C25H26N6O2/c1-15-12-16(8-11-18(15)25(32)29-17-9-10-17)21-14-28-24-20(27-3)13-23(30-31(21)24)33-22-7-5-4-6-19(22)26-2/h4-8,11-14,17,26-27H,9-10H2,1-3H3,(H,29,32). The fourth-order valence-corrected chi connectivity index (χ4v) is 3.82. The number of hydrogen-bond donors (Lipinski definition) is 3. The highest BCUT2D eigenvalue weighted by molar-refractivity contribution is 5.96. The van der Waals surface area contributed by atoms with E-state index >= 15 is 0 Å². The molecule has 0 spiro atoms. The van der Waals surface area contributed by atoms with E-state index in [4.69, 9.17) is 9.84 Å². The topological polar surface area (TPSA) is 92.6 Å². The van der Waals surface area contributed by atoms with Crippen LogP contribution in [0.15, 0.2) is 54.7 Å². The largest absolute Gasteiger partial charge is 0.435 e. The van der Waals surface area contributed by atoms with Crippen molar-refractivity contribution in [1.29, 1.82) is 0 Å². The van der Waals surface area contributed by atoms with E-state index in [1.54, 1.807) is 10.7 Å². The van der Waals surface area contributed by atoms with Crippen LogP contribution in [0.5, 0.6) is 11.6 Å². The van der Waals surface area contributed by atoms with Crippen LogP contribution in [0.3, 0.4) is 0 Å². The van der Waals surface area contributed by atoms with Gasteiger partial charge in [0.05, 0.1) is 23.3 Å². The van der Waals surface area contributed by atoms with Gasteiger partial charge in [-0.25, -0.2) is 9.50 Å². The van der Waals surface area contributed by atoms with Crippen molar-refractivity contribution in [3.05, 3.63) is 65.9 Å². The first-order valence-electron chi connectivity index (χ1n) is 11.0. The average Bonchev–Trinajstić information content (AvgIpc) is 3.54. The molecule has 0 saturated heterocycles. The Balaban J connectivity index is 1.53. The fraction of sp³-hybridized carbons (Fsp3) is 0.240. The van der Waals surface area contributed by atoms with Gasteiger partial charge in [0.1, 0.15) is 0 Å². The smallest absolute Gasteiger partial charge is 0.251 e. The van der Waals surface area contributed by atoms with Gasteiger partial charge in [0.25, 0.3) is 5.91 Å². The Labute approximate surface area is 192 Å². The minimum absolute atomic E-state index is 0.0193. The molecule has 0 atom stereocenters. The summed E-state index contributed by atoms with van der Waals surface area (Å²) in [7, 11) is 3.69. The molecule has 1 saturated carbocycles. The SMILES string of the molecule is CNc1ccccc1Oc1cc(NC)c2ncc(-c3ccc(C(=O)NC4CC4)c(C)c3)n2n1. The summed E-state index contributed by atoms with van der Waals surface area (Å²) >= 11 is 0. The molecule has 1 aliphatic carbocycles. The minimum Gasteiger partial charge on any atom is -0.435 e. The van der Waals surface area contributed by atoms with Crippen molar-refractivity contribution in [3.8, 4) is 22.9 Å². The lowest BCUT2D eigenvalue weighted by atomic mass is 10.0. The summed E-state index contributed by atoms with van der Waals surface area (Å²) in [6.07, 6.45) is 3.91. The second kappa shape index (κ2) is 8.46. The number of ether oxygens (including phenoxy) is 1. The molecule has 33 heavy (non-hydrogen) atoms. The Hall–Kier alpha value is -4.07.